The Balaban J connectivity index is 0.000000338. The molecule has 0 amide bonds. The highest BCUT2D eigenvalue weighted by molar-refractivity contribution is 7.52. The van der Waals surface area contributed by atoms with E-state index >= 15 is 0 Å². The van der Waals surface area contributed by atoms with Crippen LogP contribution in [0.1, 0.15) is 171 Å². The molecule has 6 aliphatic heterocycles. The molecule has 2 aromatic carbocycles. The standard InChI is InChI=1S/C43H68O5Si.C40H64O5Si.2O2S/c1-12-22-44-23-16-19-36-26-32(4)39(46-36)21-20-37-25-31(3)33(5)41(47-37)28-42-38(27-35-17-14-13-15-18-35)34(6)40(48-42)24-30(2)29-45-49(10,11)43(7,8)9;1-27(26-42-46(9,10)40(6,7)8)21-37-31(5)35(24-32-15-12-11-13-16-32)39(45-37)25-38-30(4)28(2)22-34(44-38)18-19-36-29(3)23-33(43-36)17-14-20-41;2*1-3-2/h12-19,30-31,34,36-42H,1,4-5,20-29H2,2-3,6-11H3;11-17,27-28,31,33-39,41H,3-4,18-26H2,1-2,5-10H3;;/b19-16+;17-14+;;/t30-,31+,34+,36?,37-,38+,39?,40+,41?,42-;27-,28+,31+,33?,34-,35+,36?,37+,38?,39-;;/m00../s1. The van der Waals surface area contributed by atoms with Crippen LogP contribution in [0.3, 0.4) is 0 Å². The number of aliphatic hydroxyl groups excluding tert-OH is 1. The third-order valence-corrected chi connectivity index (χ3v) is 32.4. The maximum atomic E-state index is 9.13. The number of rotatable bonds is 31. The Labute approximate surface area is 620 Å². The van der Waals surface area contributed by atoms with Gasteiger partial charge in [-0.3, -0.25) is 0 Å². The lowest BCUT2D eigenvalue weighted by atomic mass is 9.78. The van der Waals surface area contributed by atoms with Crippen LogP contribution < -0.4 is 0 Å². The summed E-state index contributed by atoms with van der Waals surface area (Å²) in [5.41, 5.74) is 7.51. The Morgan fingerprint density at radius 3 is 1.28 bits per heavy atom. The summed E-state index contributed by atoms with van der Waals surface area (Å²) in [4.78, 5) is 0. The first-order valence-corrected chi connectivity index (χ1v) is 44.8. The molecule has 568 valence electrons. The number of benzene rings is 2. The average Bonchev–Trinajstić information content (AvgIpc) is 1.69. The third kappa shape index (κ3) is 27.9. The minimum absolute atomic E-state index is 0.00117. The van der Waals surface area contributed by atoms with Gasteiger partial charge in [0.2, 0.25) is 0 Å². The molecule has 0 aliphatic carbocycles. The van der Waals surface area contributed by atoms with E-state index in [0.29, 0.717) is 60.6 Å². The molecule has 20 atom stereocenters. The van der Waals surface area contributed by atoms with Gasteiger partial charge in [-0.1, -0.05) is 200 Å². The Morgan fingerprint density at radius 1 is 0.545 bits per heavy atom. The van der Waals surface area contributed by atoms with Crippen molar-refractivity contribution in [2.45, 2.75) is 282 Å². The Hall–Kier alpha value is -3.71. The Kier molecular flexibility index (Phi) is 37.1. The van der Waals surface area contributed by atoms with Gasteiger partial charge in [-0.25, -0.2) is 0 Å². The molecule has 6 fully saturated rings. The van der Waals surface area contributed by atoms with Gasteiger partial charge in [-0.15, -0.1) is 6.58 Å². The molecule has 6 aliphatic rings. The van der Waals surface area contributed by atoms with Gasteiger partial charge in [0.05, 0.1) is 93.1 Å². The van der Waals surface area contributed by atoms with E-state index < -0.39 is 39.8 Å². The second kappa shape index (κ2) is 42.6. The quantitative estimate of drug-likeness (QED) is 0.0429. The zero-order chi connectivity index (χ0) is 74.8. The van der Waals surface area contributed by atoms with Gasteiger partial charge >= 0.3 is 23.1 Å². The zero-order valence-corrected chi connectivity index (χ0v) is 68.4. The van der Waals surface area contributed by atoms with Gasteiger partial charge in [0, 0.05) is 38.9 Å². The van der Waals surface area contributed by atoms with Crippen molar-refractivity contribution >= 4 is 39.8 Å². The number of hydrogen-bond acceptors (Lipinski definition) is 14. The predicted octanol–water partition coefficient (Wildman–Crippen LogP) is 18.0. The van der Waals surface area contributed by atoms with Crippen LogP contribution in [-0.4, -0.2) is 145 Å². The monoisotopic (exact) mass is 1470 g/mol. The van der Waals surface area contributed by atoms with Crippen molar-refractivity contribution < 1.29 is 64.0 Å². The van der Waals surface area contributed by atoms with Gasteiger partial charge in [-0.05, 0) is 181 Å². The van der Waals surface area contributed by atoms with Crippen molar-refractivity contribution in [3.63, 3.8) is 0 Å². The van der Waals surface area contributed by atoms with Crippen LogP contribution in [0, 0.1) is 47.3 Å². The number of ether oxygens (including phenoxy) is 7. The van der Waals surface area contributed by atoms with Gasteiger partial charge in [0.15, 0.2) is 16.6 Å². The second-order valence-electron chi connectivity index (χ2n) is 33.3. The smallest absolute Gasteiger partial charge is 0.335 e. The van der Waals surface area contributed by atoms with Gasteiger partial charge < -0.3 is 47.1 Å². The lowest BCUT2D eigenvalue weighted by Crippen LogP contribution is -2.42. The van der Waals surface area contributed by atoms with E-state index in [4.69, 9.17) is 64.0 Å². The van der Waals surface area contributed by atoms with Crippen molar-refractivity contribution in [3.8, 4) is 0 Å². The Morgan fingerprint density at radius 2 is 0.921 bits per heavy atom. The average molecular weight is 1470 g/mol. The van der Waals surface area contributed by atoms with Crippen LogP contribution in [0.2, 0.25) is 36.3 Å². The highest BCUT2D eigenvalue weighted by atomic mass is 32.1. The summed E-state index contributed by atoms with van der Waals surface area (Å²) in [5, 5.41) is 9.56. The molecule has 1 N–H and O–H groups in total. The fraction of sp³-hybridized carbons (Fsp3) is 0.687. The first-order valence-electron chi connectivity index (χ1n) is 37.7. The molecule has 0 saturated carbocycles. The minimum Gasteiger partial charge on any atom is -0.417 e. The molecule has 0 spiro atoms. The van der Waals surface area contributed by atoms with E-state index in [2.05, 4.69) is 209 Å². The summed E-state index contributed by atoms with van der Waals surface area (Å²) in [6, 6.07) is 21.8. The molecule has 101 heavy (non-hydrogen) atoms. The first kappa shape index (κ1) is 87.9. The van der Waals surface area contributed by atoms with Crippen molar-refractivity contribution in [1.82, 2.24) is 0 Å². The van der Waals surface area contributed by atoms with Crippen LogP contribution in [0.25, 0.3) is 0 Å². The molecule has 0 aromatic heterocycles. The van der Waals surface area contributed by atoms with Gasteiger partial charge in [0.25, 0.3) is 0 Å². The molecule has 14 nitrogen and oxygen atoms in total. The SMILES string of the molecule is C=C1CC(/C=C/CO)OC1CC[C@H]1C[C@@H](C)C(=C)C(C[C@@H]2O[C@H](C[C@H](C)CO[Si](C)(C)C(C)(C)C)[C@H](C)[C@H]2Cc2ccccc2)O1.C=CCOC/C=C/C1CC(=C)C(CC[C@H]2C[C@@H](C)C(=C)C(C[C@@H]3O[C@H](C[C@H](C)CO[Si](C)(C)C(C)(C)C)[C@H](C)[C@H]3Cc3ccccc3)O2)O1.O=S=O.O=S=O. The molecular formula is C83H132O14S2Si2. The fourth-order valence-corrected chi connectivity index (χ4v) is 17.1. The van der Waals surface area contributed by atoms with E-state index in [-0.39, 0.29) is 89.9 Å². The number of aliphatic hydroxyl groups is 1. The molecule has 6 unspecified atom stereocenters. The minimum atomic E-state index is -1.79. The van der Waals surface area contributed by atoms with Gasteiger partial charge in [-0.2, -0.15) is 16.8 Å². The maximum absolute atomic E-state index is 9.13. The van der Waals surface area contributed by atoms with E-state index in [0.717, 1.165) is 109 Å². The third-order valence-electron chi connectivity index (χ3n) is 23.4. The summed E-state index contributed by atoms with van der Waals surface area (Å²) < 4.78 is 92.3. The van der Waals surface area contributed by atoms with Crippen molar-refractivity contribution in [2.24, 2.45) is 47.3 Å². The largest absolute Gasteiger partial charge is 0.417 e. The van der Waals surface area contributed by atoms with Crippen LogP contribution >= 0.6 is 0 Å². The molecular weight excluding hydrogens is 1340 g/mol. The van der Waals surface area contributed by atoms with E-state index in [1.807, 2.05) is 12.2 Å². The summed E-state index contributed by atoms with van der Waals surface area (Å²) >= 11 is -1.50. The first-order chi connectivity index (χ1) is 47.7. The normalized spacial score (nSPS) is 30.9. The molecule has 6 heterocycles. The van der Waals surface area contributed by atoms with Gasteiger partial charge in [0.1, 0.15) is 0 Å². The summed E-state index contributed by atoms with van der Waals surface area (Å²) in [7, 11) is -3.58. The summed E-state index contributed by atoms with van der Waals surface area (Å²) in [5.74, 6) is 3.45. The zero-order valence-electron chi connectivity index (χ0n) is 64.7. The molecule has 6 saturated heterocycles. The predicted molar refractivity (Wildman–Crippen MR) is 417 cm³/mol. The van der Waals surface area contributed by atoms with Crippen LogP contribution in [-0.2, 0) is 78.0 Å². The number of hydrogen-bond donors (Lipinski definition) is 1. The summed E-state index contributed by atoms with van der Waals surface area (Å²) in [6.45, 7) is 61.6. The molecule has 2 aromatic rings. The molecule has 0 radical (unpaired) electrons. The molecule has 0 bridgehead atoms. The topological polar surface area (TPSA) is 172 Å². The second-order valence-corrected chi connectivity index (χ2v) is 43.2. The van der Waals surface area contributed by atoms with E-state index in [9.17, 15) is 0 Å². The fourth-order valence-electron chi connectivity index (χ4n) is 14.9. The van der Waals surface area contributed by atoms with Crippen LogP contribution in [0.5, 0.6) is 0 Å². The van der Waals surface area contributed by atoms with E-state index in [1.165, 1.54) is 27.8 Å². The van der Waals surface area contributed by atoms with Crippen molar-refractivity contribution in [3.05, 3.63) is 157 Å². The highest BCUT2D eigenvalue weighted by Crippen LogP contribution is 2.47. The lowest BCUT2D eigenvalue weighted by Gasteiger charge is -2.38. The summed E-state index contributed by atoms with van der Waals surface area (Å²) in [6.07, 6.45) is 24.1. The molecule has 18 heteroatoms. The maximum Gasteiger partial charge on any atom is 0.335 e. The van der Waals surface area contributed by atoms with Crippen LogP contribution in [0.15, 0.2) is 146 Å². The van der Waals surface area contributed by atoms with Crippen molar-refractivity contribution in [1.29, 1.82) is 0 Å². The lowest BCUT2D eigenvalue weighted by molar-refractivity contribution is -0.0743. The van der Waals surface area contributed by atoms with Crippen molar-refractivity contribution in [2.75, 3.05) is 33.0 Å². The Bertz CT molecular complexity index is 2970. The van der Waals surface area contributed by atoms with E-state index in [1.54, 1.807) is 12.2 Å². The van der Waals surface area contributed by atoms with Crippen LogP contribution in [0.4, 0.5) is 0 Å². The highest BCUT2D eigenvalue weighted by Gasteiger charge is 2.48. The molecule has 8 rings (SSSR count).